The van der Waals surface area contributed by atoms with E-state index in [0.29, 0.717) is 5.56 Å². The summed E-state index contributed by atoms with van der Waals surface area (Å²) in [6.45, 7) is 0.144. The zero-order chi connectivity index (χ0) is 37.3. The standard InChI is InChI=1S/C27H38N5O16P/c28-13-14-1-3-15(4-2-14)47-49(45,46)48-27(44)19(8-12-23(39)40)32-26(43)18(7-11-22(37)38)31-25(42)17(6-10-21(35)36)30-24(41)16(29)5-9-20(33)34/h1-4,16-19H,5-13,28-29H2,(H,30,41)(H,31,42)(H,32,43)(H,33,34)(H,35,36)(H,37,38)(H,39,40)(H,45,46)/t16-,17-,18-,19-/m0/s1. The fourth-order valence-electron chi connectivity index (χ4n) is 3.84. The number of hydrogen-bond donors (Lipinski definition) is 10. The maximum atomic E-state index is 13.2. The van der Waals surface area contributed by atoms with E-state index in [1.807, 2.05) is 5.32 Å². The van der Waals surface area contributed by atoms with Crippen molar-refractivity contribution in [1.29, 1.82) is 0 Å². The Bertz CT molecular complexity index is 1420. The summed E-state index contributed by atoms with van der Waals surface area (Å²) in [4.78, 5) is 106. The van der Waals surface area contributed by atoms with E-state index in [4.69, 9.17) is 36.4 Å². The van der Waals surface area contributed by atoms with Gasteiger partial charge in [-0.05, 0) is 43.4 Å². The lowest BCUT2D eigenvalue weighted by molar-refractivity contribution is -0.143. The van der Waals surface area contributed by atoms with Gasteiger partial charge >= 0.3 is 37.7 Å². The summed E-state index contributed by atoms with van der Waals surface area (Å²) in [6, 6.07) is -1.49. The molecular weight excluding hydrogens is 681 g/mol. The van der Waals surface area contributed by atoms with Crippen LogP contribution in [0.4, 0.5) is 0 Å². The number of carbonyl (C=O) groups excluding carboxylic acids is 4. The molecule has 5 atom stereocenters. The highest BCUT2D eigenvalue weighted by Crippen LogP contribution is 2.44. The maximum absolute atomic E-state index is 13.2. The third-order valence-corrected chi connectivity index (χ3v) is 7.25. The van der Waals surface area contributed by atoms with Crippen molar-refractivity contribution in [1.82, 2.24) is 16.0 Å². The molecule has 3 amide bonds. The Labute approximate surface area is 277 Å². The molecule has 0 aliphatic rings. The Morgan fingerprint density at radius 3 is 1.47 bits per heavy atom. The van der Waals surface area contributed by atoms with Crippen LogP contribution in [0.1, 0.15) is 56.9 Å². The molecule has 0 fully saturated rings. The highest BCUT2D eigenvalue weighted by molar-refractivity contribution is 7.48. The number of benzene rings is 1. The Kier molecular flexibility index (Phi) is 17.4. The molecule has 1 rings (SSSR count). The van der Waals surface area contributed by atoms with Crippen molar-refractivity contribution in [2.24, 2.45) is 11.5 Å². The van der Waals surface area contributed by atoms with Crippen LogP contribution >= 0.6 is 7.82 Å². The normalized spacial score (nSPS) is 14.4. The van der Waals surface area contributed by atoms with Crippen LogP contribution in [-0.4, -0.2) is 97.1 Å². The number of amides is 3. The van der Waals surface area contributed by atoms with E-state index in [0.717, 1.165) is 0 Å². The number of carboxylic acid groups (broad SMARTS) is 4. The molecule has 1 aromatic carbocycles. The number of phosphoric ester groups is 1. The largest absolute Gasteiger partial charge is 0.587 e. The van der Waals surface area contributed by atoms with E-state index in [1.54, 1.807) is 0 Å². The van der Waals surface area contributed by atoms with Crippen LogP contribution in [0, 0.1) is 0 Å². The number of nitrogens with two attached hydrogens (primary N) is 2. The van der Waals surface area contributed by atoms with E-state index >= 15 is 0 Å². The number of carboxylic acids is 4. The molecule has 0 spiro atoms. The van der Waals surface area contributed by atoms with Crippen molar-refractivity contribution >= 4 is 55.4 Å². The Morgan fingerprint density at radius 1 is 0.653 bits per heavy atom. The molecule has 0 radical (unpaired) electrons. The Hall–Kier alpha value is -5.11. The second-order valence-electron chi connectivity index (χ2n) is 10.3. The third-order valence-electron chi connectivity index (χ3n) is 6.40. The van der Waals surface area contributed by atoms with Crippen LogP contribution in [0.5, 0.6) is 5.75 Å². The quantitative estimate of drug-likeness (QED) is 0.0570. The SMILES string of the molecule is NCc1ccc(OP(=O)(O)OC(=O)[C@H](CCC(=O)O)NC(=O)[C@H](CCC(=O)O)NC(=O)[C@H](CCC(=O)O)NC(=O)[C@@H](N)CCC(=O)O)cc1. The zero-order valence-corrected chi connectivity index (χ0v) is 26.7. The molecule has 49 heavy (non-hydrogen) atoms. The molecule has 0 aromatic heterocycles. The number of aliphatic carboxylic acids is 4. The molecule has 0 saturated heterocycles. The summed E-state index contributed by atoms with van der Waals surface area (Å²) < 4.78 is 21.9. The van der Waals surface area contributed by atoms with Crippen molar-refractivity contribution in [3.05, 3.63) is 29.8 Å². The third kappa shape index (κ3) is 17.0. The van der Waals surface area contributed by atoms with Gasteiger partial charge in [0.25, 0.3) is 0 Å². The first kappa shape index (κ1) is 41.9. The van der Waals surface area contributed by atoms with Gasteiger partial charge in [0.1, 0.15) is 23.9 Å². The minimum atomic E-state index is -5.23. The summed E-state index contributed by atoms with van der Waals surface area (Å²) in [5.74, 6) is -10.9. The van der Waals surface area contributed by atoms with Gasteiger partial charge in [-0.15, -0.1) is 0 Å². The predicted octanol–water partition coefficient (Wildman–Crippen LogP) is -1.59. The lowest BCUT2D eigenvalue weighted by atomic mass is 10.1. The van der Waals surface area contributed by atoms with Gasteiger partial charge in [-0.2, -0.15) is 0 Å². The topological polar surface area (TPSA) is 361 Å². The summed E-state index contributed by atoms with van der Waals surface area (Å²) in [5.41, 5.74) is 11.8. The number of rotatable bonds is 23. The van der Waals surface area contributed by atoms with Gasteiger partial charge < -0.3 is 56.9 Å². The van der Waals surface area contributed by atoms with Gasteiger partial charge in [-0.1, -0.05) is 12.1 Å². The van der Waals surface area contributed by atoms with Crippen molar-refractivity contribution in [2.45, 2.75) is 82.1 Å². The molecule has 0 heterocycles. The van der Waals surface area contributed by atoms with Gasteiger partial charge in [0.2, 0.25) is 17.7 Å². The van der Waals surface area contributed by atoms with E-state index in [-0.39, 0.29) is 18.7 Å². The van der Waals surface area contributed by atoms with Crippen LogP contribution in [0.15, 0.2) is 24.3 Å². The number of phosphoric acid groups is 1. The van der Waals surface area contributed by atoms with E-state index in [9.17, 15) is 47.8 Å². The minimum Gasteiger partial charge on any atom is -0.481 e. The summed E-state index contributed by atoms with van der Waals surface area (Å²) in [6.07, 6.45) is -4.99. The first-order valence-corrected chi connectivity index (χ1v) is 15.9. The van der Waals surface area contributed by atoms with Crippen LogP contribution in [0.3, 0.4) is 0 Å². The predicted molar refractivity (Wildman–Crippen MR) is 162 cm³/mol. The average molecular weight is 720 g/mol. The van der Waals surface area contributed by atoms with Crippen LogP contribution in [0.2, 0.25) is 0 Å². The highest BCUT2D eigenvalue weighted by Gasteiger charge is 2.36. The fraction of sp³-hybridized carbons (Fsp3) is 0.481. The fourth-order valence-corrected chi connectivity index (χ4v) is 4.62. The molecular formula is C27H38N5O16P. The number of nitrogens with one attached hydrogen (secondary N) is 3. The first-order valence-electron chi connectivity index (χ1n) is 14.4. The Morgan fingerprint density at radius 2 is 1.04 bits per heavy atom. The minimum absolute atomic E-state index is 0.144. The molecule has 0 aliphatic heterocycles. The van der Waals surface area contributed by atoms with Gasteiger partial charge in [0.05, 0.1) is 6.04 Å². The lowest BCUT2D eigenvalue weighted by Crippen LogP contribution is -2.57. The number of hydrogen-bond acceptors (Lipinski definition) is 13. The van der Waals surface area contributed by atoms with Gasteiger partial charge in [0, 0.05) is 32.2 Å². The second-order valence-corrected chi connectivity index (χ2v) is 11.6. The monoisotopic (exact) mass is 719 g/mol. The summed E-state index contributed by atoms with van der Waals surface area (Å²) in [5, 5.41) is 42.4. The molecule has 0 saturated carbocycles. The van der Waals surface area contributed by atoms with E-state index in [2.05, 4.69) is 15.2 Å². The number of carbonyl (C=O) groups is 8. The van der Waals surface area contributed by atoms with E-state index in [1.165, 1.54) is 24.3 Å². The van der Waals surface area contributed by atoms with Gasteiger partial charge in [-0.25, -0.2) is 9.36 Å². The van der Waals surface area contributed by atoms with Gasteiger partial charge in [0.15, 0.2) is 0 Å². The smallest absolute Gasteiger partial charge is 0.481 e. The summed E-state index contributed by atoms with van der Waals surface area (Å²) in [7, 11) is -5.23. The Balaban J connectivity index is 3.20. The van der Waals surface area contributed by atoms with Crippen molar-refractivity contribution < 1.29 is 77.3 Å². The van der Waals surface area contributed by atoms with Crippen molar-refractivity contribution in [3.8, 4) is 5.75 Å². The lowest BCUT2D eigenvalue weighted by Gasteiger charge is -2.25. The second kappa shape index (κ2) is 20.3. The van der Waals surface area contributed by atoms with Crippen LogP contribution in [0.25, 0.3) is 0 Å². The molecule has 12 N–H and O–H groups in total. The van der Waals surface area contributed by atoms with Crippen molar-refractivity contribution in [2.75, 3.05) is 0 Å². The molecule has 21 nitrogen and oxygen atoms in total. The van der Waals surface area contributed by atoms with Crippen LogP contribution in [-0.2, 0) is 54.0 Å². The molecule has 1 unspecified atom stereocenters. The molecule has 1 aromatic rings. The maximum Gasteiger partial charge on any atom is 0.587 e. The molecule has 22 heteroatoms. The zero-order valence-electron chi connectivity index (χ0n) is 25.8. The molecule has 0 bridgehead atoms. The highest BCUT2D eigenvalue weighted by atomic mass is 31.2. The van der Waals surface area contributed by atoms with Gasteiger partial charge in [-0.3, -0.25) is 38.5 Å². The van der Waals surface area contributed by atoms with Crippen LogP contribution < -0.4 is 31.9 Å². The molecule has 272 valence electrons. The van der Waals surface area contributed by atoms with Crippen molar-refractivity contribution in [3.63, 3.8) is 0 Å². The first-order chi connectivity index (χ1) is 22.8. The molecule has 0 aliphatic carbocycles. The average Bonchev–Trinajstić information content (AvgIpc) is 3.01. The van der Waals surface area contributed by atoms with E-state index < -0.39 is 125 Å². The summed E-state index contributed by atoms with van der Waals surface area (Å²) >= 11 is 0.